The third-order valence-electron chi connectivity index (χ3n) is 5.95. The number of carbonyl (C=O) groups excluding carboxylic acids is 1. The molecule has 10 heteroatoms. The fraction of sp³-hybridized carbons (Fsp3) is 0.280. The number of thioether (sulfide) groups is 1. The Labute approximate surface area is 211 Å². The van der Waals surface area contributed by atoms with Gasteiger partial charge in [-0.05, 0) is 48.7 Å². The van der Waals surface area contributed by atoms with E-state index in [1.54, 1.807) is 36.4 Å². The summed E-state index contributed by atoms with van der Waals surface area (Å²) in [5.41, 5.74) is 1.55. The van der Waals surface area contributed by atoms with Crippen molar-refractivity contribution >= 4 is 51.7 Å². The molecule has 2 fully saturated rings. The Balaban J connectivity index is 1.47. The topological polar surface area (TPSA) is 85.2 Å². The van der Waals surface area contributed by atoms with Crippen molar-refractivity contribution in [3.05, 3.63) is 75.0 Å². The van der Waals surface area contributed by atoms with Crippen LogP contribution in [0.25, 0.3) is 11.7 Å². The second-order valence-corrected chi connectivity index (χ2v) is 9.91. The summed E-state index contributed by atoms with van der Waals surface area (Å²) in [6.45, 7) is 1.58. The molecule has 1 unspecified atom stereocenters. The maximum absolute atomic E-state index is 13.4. The number of fused-ring (bicyclic) bond motifs is 1. The monoisotopic (exact) mass is 508 g/mol. The maximum atomic E-state index is 13.4. The fourth-order valence-electron chi connectivity index (χ4n) is 4.08. The highest BCUT2D eigenvalue weighted by Crippen LogP contribution is 2.34. The number of hydrogen-bond acceptors (Lipinski definition) is 8. The van der Waals surface area contributed by atoms with Gasteiger partial charge in [0.2, 0.25) is 0 Å². The van der Waals surface area contributed by atoms with Gasteiger partial charge in [0, 0.05) is 19.3 Å². The number of anilines is 1. The number of rotatable bonds is 7. The van der Waals surface area contributed by atoms with Gasteiger partial charge in [-0.15, -0.1) is 0 Å². The van der Waals surface area contributed by atoms with Crippen LogP contribution < -0.4 is 15.6 Å². The van der Waals surface area contributed by atoms with Crippen LogP contribution in [0.2, 0.25) is 0 Å². The maximum Gasteiger partial charge on any atom is 0.267 e. The van der Waals surface area contributed by atoms with E-state index < -0.39 is 0 Å². The van der Waals surface area contributed by atoms with Crippen LogP contribution in [-0.2, 0) is 16.1 Å². The largest absolute Gasteiger partial charge is 0.497 e. The predicted octanol–water partition coefficient (Wildman–Crippen LogP) is 3.70. The number of carbonyl (C=O) groups is 1. The summed E-state index contributed by atoms with van der Waals surface area (Å²) >= 11 is 6.67. The number of methoxy groups -OCH3 is 1. The van der Waals surface area contributed by atoms with E-state index in [1.807, 2.05) is 30.3 Å². The second-order valence-electron chi connectivity index (χ2n) is 8.24. The van der Waals surface area contributed by atoms with Crippen molar-refractivity contribution in [2.75, 3.05) is 25.6 Å². The molecule has 3 aromatic rings. The van der Waals surface area contributed by atoms with Gasteiger partial charge in [0.15, 0.2) is 0 Å². The summed E-state index contributed by atoms with van der Waals surface area (Å²) in [4.78, 5) is 33.2. The molecule has 0 bridgehead atoms. The Morgan fingerprint density at radius 1 is 1.26 bits per heavy atom. The van der Waals surface area contributed by atoms with Gasteiger partial charge >= 0.3 is 0 Å². The summed E-state index contributed by atoms with van der Waals surface area (Å²) in [7, 11) is 1.62. The molecular weight excluding hydrogens is 484 g/mol. The van der Waals surface area contributed by atoms with E-state index in [0.29, 0.717) is 46.0 Å². The van der Waals surface area contributed by atoms with Crippen LogP contribution in [0.5, 0.6) is 5.75 Å². The number of ether oxygens (including phenoxy) is 2. The van der Waals surface area contributed by atoms with E-state index in [0.717, 1.165) is 24.2 Å². The van der Waals surface area contributed by atoms with Crippen molar-refractivity contribution in [1.29, 1.82) is 0 Å². The molecule has 1 amide bonds. The number of amides is 1. The summed E-state index contributed by atoms with van der Waals surface area (Å²) in [5, 5.41) is 3.27. The molecule has 0 radical (unpaired) electrons. The minimum absolute atomic E-state index is 0.00784. The van der Waals surface area contributed by atoms with Crippen molar-refractivity contribution in [2.45, 2.75) is 25.5 Å². The van der Waals surface area contributed by atoms with Gasteiger partial charge in [0.25, 0.3) is 11.5 Å². The molecule has 1 N–H and O–H groups in total. The number of aromatic nitrogens is 2. The molecule has 4 heterocycles. The second kappa shape index (κ2) is 10.2. The number of hydrogen-bond donors (Lipinski definition) is 1. The van der Waals surface area contributed by atoms with Crippen LogP contribution in [0.15, 0.2) is 58.4 Å². The first-order valence-corrected chi connectivity index (χ1v) is 12.5. The lowest BCUT2D eigenvalue weighted by Gasteiger charge is -2.18. The highest BCUT2D eigenvalue weighted by Gasteiger charge is 2.35. The molecule has 0 spiro atoms. The van der Waals surface area contributed by atoms with Gasteiger partial charge in [-0.1, -0.05) is 42.2 Å². The molecule has 35 heavy (non-hydrogen) atoms. The van der Waals surface area contributed by atoms with Gasteiger partial charge in [0.1, 0.15) is 21.5 Å². The molecule has 2 aromatic heterocycles. The molecule has 1 aromatic carbocycles. The Morgan fingerprint density at radius 2 is 2.09 bits per heavy atom. The molecule has 5 rings (SSSR count). The lowest BCUT2D eigenvalue weighted by Crippen LogP contribution is -2.35. The Kier molecular flexibility index (Phi) is 6.85. The average Bonchev–Trinajstić information content (AvgIpc) is 3.49. The average molecular weight is 509 g/mol. The van der Waals surface area contributed by atoms with E-state index in [4.69, 9.17) is 21.7 Å². The smallest absolute Gasteiger partial charge is 0.267 e. The third-order valence-corrected chi connectivity index (χ3v) is 7.33. The highest BCUT2D eigenvalue weighted by molar-refractivity contribution is 8.26. The number of pyridine rings is 1. The molecule has 0 saturated carbocycles. The van der Waals surface area contributed by atoms with Crippen LogP contribution in [0.1, 0.15) is 24.0 Å². The van der Waals surface area contributed by atoms with Gasteiger partial charge in [-0.2, -0.15) is 0 Å². The number of thiocarbonyl (C=S) groups is 1. The molecule has 2 aliphatic rings. The fourth-order valence-corrected chi connectivity index (χ4v) is 5.33. The zero-order chi connectivity index (χ0) is 24.4. The molecule has 2 aliphatic heterocycles. The van der Waals surface area contributed by atoms with E-state index in [1.165, 1.54) is 16.2 Å². The number of nitrogens with zero attached hydrogens (tertiary/aromatic N) is 3. The van der Waals surface area contributed by atoms with Crippen molar-refractivity contribution in [3.8, 4) is 5.75 Å². The highest BCUT2D eigenvalue weighted by atomic mass is 32.2. The van der Waals surface area contributed by atoms with Gasteiger partial charge in [0.05, 0.1) is 30.2 Å². The number of nitrogens with one attached hydrogen (secondary N) is 1. The first kappa shape index (κ1) is 23.5. The molecule has 2 saturated heterocycles. The summed E-state index contributed by atoms with van der Waals surface area (Å²) in [6, 6.07) is 13.0. The van der Waals surface area contributed by atoms with Crippen LogP contribution in [-0.4, -0.2) is 50.9 Å². The summed E-state index contributed by atoms with van der Waals surface area (Å²) in [5.74, 6) is 0.956. The van der Waals surface area contributed by atoms with Crippen LogP contribution >= 0.6 is 24.0 Å². The standard InChI is InChI=1S/C25H24N4O4S2/c1-32-17-9-7-16(8-10-17)14-26-22-19(23(30)28-11-3-2-6-21(28)27-22)13-20-24(31)29(25(34)35-20)15-18-5-4-12-33-18/h2-3,6-11,13,18,26H,4-5,12,14-15H2,1H3/b20-13-. The minimum Gasteiger partial charge on any atom is -0.497 e. The molecule has 180 valence electrons. The van der Waals surface area contributed by atoms with Crippen molar-refractivity contribution in [2.24, 2.45) is 0 Å². The van der Waals surface area contributed by atoms with Gasteiger partial charge in [-0.25, -0.2) is 4.98 Å². The zero-order valence-electron chi connectivity index (χ0n) is 19.1. The predicted molar refractivity (Wildman–Crippen MR) is 141 cm³/mol. The van der Waals surface area contributed by atoms with Crippen molar-refractivity contribution in [1.82, 2.24) is 14.3 Å². The van der Waals surface area contributed by atoms with Gasteiger partial charge < -0.3 is 14.8 Å². The van der Waals surface area contributed by atoms with E-state index in [2.05, 4.69) is 10.3 Å². The lowest BCUT2D eigenvalue weighted by molar-refractivity contribution is -0.123. The first-order chi connectivity index (χ1) is 17.0. The van der Waals surface area contributed by atoms with Crippen LogP contribution in [0.4, 0.5) is 5.82 Å². The Hall–Kier alpha value is -3.21. The SMILES string of the molecule is COc1ccc(CNc2nc3ccccn3c(=O)c2/C=C2\SC(=S)N(CC3CCCO3)C2=O)cc1. The Morgan fingerprint density at radius 3 is 2.83 bits per heavy atom. The van der Waals surface area contributed by atoms with Crippen LogP contribution in [0, 0.1) is 0 Å². The van der Waals surface area contributed by atoms with E-state index in [-0.39, 0.29) is 17.6 Å². The quantitative estimate of drug-likeness (QED) is 0.382. The molecule has 0 aliphatic carbocycles. The molecule has 8 nitrogen and oxygen atoms in total. The molecule has 1 atom stereocenters. The van der Waals surface area contributed by atoms with Gasteiger partial charge in [-0.3, -0.25) is 18.9 Å². The number of benzene rings is 1. The Bertz CT molecular complexity index is 1360. The third kappa shape index (κ3) is 4.95. The summed E-state index contributed by atoms with van der Waals surface area (Å²) in [6.07, 6.45) is 5.15. The first-order valence-electron chi connectivity index (χ1n) is 11.3. The zero-order valence-corrected chi connectivity index (χ0v) is 20.7. The van der Waals surface area contributed by atoms with Crippen molar-refractivity contribution in [3.63, 3.8) is 0 Å². The normalized spacial score (nSPS) is 19.2. The minimum atomic E-state index is -0.266. The lowest BCUT2D eigenvalue weighted by atomic mass is 10.2. The van der Waals surface area contributed by atoms with E-state index >= 15 is 0 Å². The van der Waals surface area contributed by atoms with Crippen molar-refractivity contribution < 1.29 is 14.3 Å². The van der Waals surface area contributed by atoms with E-state index in [9.17, 15) is 9.59 Å². The summed E-state index contributed by atoms with van der Waals surface area (Å²) < 4.78 is 12.8. The van der Waals surface area contributed by atoms with Crippen LogP contribution in [0.3, 0.4) is 0 Å². The molecular formula is C25H24N4O4S2.